The van der Waals surface area contributed by atoms with Gasteiger partial charge in [0.25, 0.3) is 5.91 Å². The Hall–Kier alpha value is -2.96. The summed E-state index contributed by atoms with van der Waals surface area (Å²) in [6, 6.07) is 8.12. The molecule has 0 unspecified atom stereocenters. The molecule has 0 spiro atoms. The number of esters is 1. The molecule has 5 nitrogen and oxygen atoms in total. The Morgan fingerprint density at radius 3 is 2.52 bits per heavy atom. The second-order valence-corrected chi connectivity index (χ2v) is 5.39. The van der Waals surface area contributed by atoms with E-state index in [4.69, 9.17) is 9.47 Å². The lowest BCUT2D eigenvalue weighted by atomic mass is 10.1. The van der Waals surface area contributed by atoms with Gasteiger partial charge in [-0.1, -0.05) is 17.7 Å². The molecule has 0 saturated heterocycles. The van der Waals surface area contributed by atoms with Crippen molar-refractivity contribution in [3.63, 3.8) is 0 Å². The van der Waals surface area contributed by atoms with Crippen LogP contribution in [0.2, 0.25) is 0 Å². The van der Waals surface area contributed by atoms with E-state index < -0.39 is 30.1 Å². The van der Waals surface area contributed by atoms with Gasteiger partial charge in [0.2, 0.25) is 0 Å². The summed E-state index contributed by atoms with van der Waals surface area (Å²) in [7, 11) is 0. The first-order chi connectivity index (χ1) is 11.8. The second-order valence-electron chi connectivity index (χ2n) is 5.39. The summed E-state index contributed by atoms with van der Waals surface area (Å²) in [6.45, 7) is 2.77. The van der Waals surface area contributed by atoms with E-state index in [1.165, 1.54) is 0 Å². The molecular formula is C18H17F2NO4. The minimum atomic E-state index is -0.792. The zero-order chi connectivity index (χ0) is 18.4. The quantitative estimate of drug-likeness (QED) is 0.814. The van der Waals surface area contributed by atoms with Gasteiger partial charge in [0.15, 0.2) is 13.2 Å². The number of benzene rings is 2. The summed E-state index contributed by atoms with van der Waals surface area (Å²) < 4.78 is 36.5. The van der Waals surface area contributed by atoms with Crippen molar-refractivity contribution in [2.45, 2.75) is 13.8 Å². The summed E-state index contributed by atoms with van der Waals surface area (Å²) in [5, 5.41) is 2.12. The van der Waals surface area contributed by atoms with Gasteiger partial charge in [0.05, 0.1) is 5.69 Å². The first-order valence-electron chi connectivity index (χ1n) is 7.45. The summed E-state index contributed by atoms with van der Waals surface area (Å²) in [5.74, 6) is -2.50. The fourth-order valence-electron chi connectivity index (χ4n) is 2.07. The molecule has 0 saturated carbocycles. The topological polar surface area (TPSA) is 64.6 Å². The Labute approximate surface area is 143 Å². The highest BCUT2D eigenvalue weighted by atomic mass is 19.1. The summed E-state index contributed by atoms with van der Waals surface area (Å²) in [6.07, 6.45) is 0. The van der Waals surface area contributed by atoms with Crippen LogP contribution in [0.1, 0.15) is 11.1 Å². The Balaban J connectivity index is 1.79. The SMILES string of the molecule is Cc1ccc(OCC(=O)OCC(=O)Nc2cc(F)ccc2F)c(C)c1. The Kier molecular flexibility index (Phi) is 6.05. The third-order valence-corrected chi connectivity index (χ3v) is 3.24. The maximum atomic E-state index is 13.4. The zero-order valence-electron chi connectivity index (χ0n) is 13.8. The van der Waals surface area contributed by atoms with Crippen LogP contribution < -0.4 is 10.1 Å². The van der Waals surface area contributed by atoms with Crippen LogP contribution in [0.5, 0.6) is 5.75 Å². The Morgan fingerprint density at radius 2 is 1.80 bits per heavy atom. The number of hydrogen-bond donors (Lipinski definition) is 1. The molecule has 7 heteroatoms. The predicted molar refractivity (Wildman–Crippen MR) is 87.4 cm³/mol. The van der Waals surface area contributed by atoms with Gasteiger partial charge in [-0.15, -0.1) is 0 Å². The zero-order valence-corrected chi connectivity index (χ0v) is 13.8. The molecule has 0 fully saturated rings. The second kappa shape index (κ2) is 8.23. The molecule has 1 amide bonds. The highest BCUT2D eigenvalue weighted by Gasteiger charge is 2.12. The molecule has 132 valence electrons. The van der Waals surface area contributed by atoms with E-state index in [9.17, 15) is 18.4 Å². The normalized spacial score (nSPS) is 10.2. The third-order valence-electron chi connectivity index (χ3n) is 3.24. The third kappa shape index (κ3) is 5.56. The Bertz CT molecular complexity index is 793. The summed E-state index contributed by atoms with van der Waals surface area (Å²) in [4.78, 5) is 23.2. The average molecular weight is 349 g/mol. The molecule has 0 radical (unpaired) electrons. The molecule has 0 heterocycles. The summed E-state index contributed by atoms with van der Waals surface area (Å²) >= 11 is 0. The van der Waals surface area contributed by atoms with E-state index in [-0.39, 0.29) is 12.3 Å². The van der Waals surface area contributed by atoms with E-state index in [0.29, 0.717) is 5.75 Å². The number of rotatable bonds is 6. The number of carbonyl (C=O) groups is 2. The minimum Gasteiger partial charge on any atom is -0.482 e. The number of hydrogen-bond acceptors (Lipinski definition) is 4. The van der Waals surface area contributed by atoms with Crippen molar-refractivity contribution in [2.24, 2.45) is 0 Å². The minimum absolute atomic E-state index is 0.326. The van der Waals surface area contributed by atoms with Crippen LogP contribution >= 0.6 is 0 Å². The number of ether oxygens (including phenoxy) is 2. The van der Waals surface area contributed by atoms with Gasteiger partial charge in [-0.3, -0.25) is 4.79 Å². The van der Waals surface area contributed by atoms with E-state index >= 15 is 0 Å². The number of anilines is 1. The maximum Gasteiger partial charge on any atom is 0.344 e. The lowest BCUT2D eigenvalue weighted by Crippen LogP contribution is -2.24. The van der Waals surface area contributed by atoms with Crippen molar-refractivity contribution < 1.29 is 27.8 Å². The molecule has 25 heavy (non-hydrogen) atoms. The first kappa shape index (κ1) is 18.4. The van der Waals surface area contributed by atoms with Crippen LogP contribution in [0.15, 0.2) is 36.4 Å². The molecule has 0 atom stereocenters. The molecule has 2 aromatic rings. The number of nitrogens with one attached hydrogen (secondary N) is 1. The average Bonchev–Trinajstić information content (AvgIpc) is 2.55. The van der Waals surface area contributed by atoms with Crippen LogP contribution in [0.4, 0.5) is 14.5 Å². The predicted octanol–water partition coefficient (Wildman–Crippen LogP) is 3.14. The lowest BCUT2D eigenvalue weighted by molar-refractivity contribution is -0.149. The molecule has 2 rings (SSSR count). The standard InChI is InChI=1S/C18H17F2NO4/c1-11-3-6-16(12(2)7-11)24-10-18(23)25-9-17(22)21-15-8-13(19)4-5-14(15)20/h3-8H,9-10H2,1-2H3,(H,21,22). The van der Waals surface area contributed by atoms with Crippen molar-refractivity contribution in [2.75, 3.05) is 18.5 Å². The molecule has 0 aliphatic heterocycles. The largest absolute Gasteiger partial charge is 0.482 e. The van der Waals surface area contributed by atoms with Crippen molar-refractivity contribution in [3.05, 3.63) is 59.2 Å². The van der Waals surface area contributed by atoms with E-state index in [2.05, 4.69) is 5.32 Å². The number of amides is 1. The van der Waals surface area contributed by atoms with Crippen molar-refractivity contribution >= 4 is 17.6 Å². The number of halogens is 2. The highest BCUT2D eigenvalue weighted by molar-refractivity contribution is 5.92. The fourth-order valence-corrected chi connectivity index (χ4v) is 2.07. The maximum absolute atomic E-state index is 13.4. The Morgan fingerprint density at radius 1 is 1.04 bits per heavy atom. The van der Waals surface area contributed by atoms with E-state index in [1.54, 1.807) is 6.07 Å². The fraction of sp³-hybridized carbons (Fsp3) is 0.222. The van der Waals surface area contributed by atoms with Crippen molar-refractivity contribution in [1.82, 2.24) is 0 Å². The van der Waals surface area contributed by atoms with Crippen molar-refractivity contribution in [3.8, 4) is 5.75 Å². The summed E-state index contributed by atoms with van der Waals surface area (Å²) in [5.41, 5.74) is 1.60. The van der Waals surface area contributed by atoms with Gasteiger partial charge in [-0.2, -0.15) is 0 Å². The lowest BCUT2D eigenvalue weighted by Gasteiger charge is -2.10. The molecule has 0 aliphatic rings. The van der Waals surface area contributed by atoms with Crippen LogP contribution in [-0.2, 0) is 14.3 Å². The molecule has 0 aliphatic carbocycles. The van der Waals surface area contributed by atoms with E-state index in [0.717, 1.165) is 29.3 Å². The molecule has 0 aromatic heterocycles. The van der Waals surface area contributed by atoms with Gasteiger partial charge in [-0.05, 0) is 37.6 Å². The van der Waals surface area contributed by atoms with Gasteiger partial charge >= 0.3 is 5.97 Å². The van der Waals surface area contributed by atoms with Crippen LogP contribution in [-0.4, -0.2) is 25.1 Å². The number of carbonyl (C=O) groups excluding carboxylic acids is 2. The van der Waals surface area contributed by atoms with E-state index in [1.807, 2.05) is 26.0 Å². The van der Waals surface area contributed by atoms with Crippen LogP contribution in [0.25, 0.3) is 0 Å². The molecular weight excluding hydrogens is 332 g/mol. The monoisotopic (exact) mass is 349 g/mol. The van der Waals surface area contributed by atoms with Gasteiger partial charge in [0.1, 0.15) is 17.4 Å². The van der Waals surface area contributed by atoms with Gasteiger partial charge < -0.3 is 14.8 Å². The smallest absolute Gasteiger partial charge is 0.344 e. The molecule has 1 N–H and O–H groups in total. The van der Waals surface area contributed by atoms with Crippen LogP contribution in [0, 0.1) is 25.5 Å². The van der Waals surface area contributed by atoms with Gasteiger partial charge in [-0.25, -0.2) is 13.6 Å². The van der Waals surface area contributed by atoms with Gasteiger partial charge in [0, 0.05) is 6.07 Å². The first-order valence-corrected chi connectivity index (χ1v) is 7.45. The highest BCUT2D eigenvalue weighted by Crippen LogP contribution is 2.18. The van der Waals surface area contributed by atoms with Crippen LogP contribution in [0.3, 0.4) is 0 Å². The molecule has 0 bridgehead atoms. The number of aryl methyl sites for hydroxylation is 2. The van der Waals surface area contributed by atoms with Crippen molar-refractivity contribution in [1.29, 1.82) is 0 Å². The molecule has 2 aromatic carbocycles.